The Morgan fingerprint density at radius 3 is 2.51 bits per heavy atom. The van der Waals surface area contributed by atoms with Gasteiger partial charge in [0.1, 0.15) is 17.0 Å². The molecule has 5 unspecified atom stereocenters. The Kier molecular flexibility index (Phi) is 3.84. The highest BCUT2D eigenvalue weighted by Gasteiger charge is 2.94. The van der Waals surface area contributed by atoms with Crippen LogP contribution in [0.25, 0.3) is 0 Å². The van der Waals surface area contributed by atoms with Crippen molar-refractivity contribution in [2.75, 3.05) is 0 Å². The van der Waals surface area contributed by atoms with E-state index >= 15 is 0 Å². The first kappa shape index (κ1) is 22.4. The molecule has 0 aromatic carbocycles. The molecule has 0 aromatic heterocycles. The van der Waals surface area contributed by atoms with Gasteiger partial charge >= 0.3 is 5.97 Å². The number of ether oxygens (including phenoxy) is 1. The van der Waals surface area contributed by atoms with Gasteiger partial charge < -0.3 is 20.1 Å². The van der Waals surface area contributed by atoms with Gasteiger partial charge in [-0.2, -0.15) is 0 Å². The van der Waals surface area contributed by atoms with Crippen molar-refractivity contribution in [2.24, 2.45) is 46.3 Å². The number of allylic oxidation sites excluding steroid dienone is 1. The van der Waals surface area contributed by atoms with Gasteiger partial charge in [0.15, 0.2) is 5.78 Å². The van der Waals surface area contributed by atoms with E-state index in [-0.39, 0.29) is 48.1 Å². The molecule has 7 heteroatoms. The van der Waals surface area contributed by atoms with Crippen LogP contribution in [0.1, 0.15) is 59.8 Å². The average Bonchev–Trinajstić information content (AvgIpc) is 3.40. The summed E-state index contributed by atoms with van der Waals surface area (Å²) in [5.74, 6) is -2.57. The molecule has 1 aliphatic heterocycles. The normalized spacial score (nSPS) is 59.7. The van der Waals surface area contributed by atoms with Gasteiger partial charge in [0.05, 0.1) is 23.0 Å². The quantitative estimate of drug-likeness (QED) is 0.451. The number of hydrogen-bond acceptors (Lipinski definition) is 7. The molecule has 0 radical (unpaired) electrons. The number of carbonyl (C=O) groups excluding carboxylic acids is 3. The summed E-state index contributed by atoms with van der Waals surface area (Å²) < 4.78 is 6.39. The number of aliphatic hydroxyl groups is 3. The summed E-state index contributed by atoms with van der Waals surface area (Å²) >= 11 is 0. The van der Waals surface area contributed by atoms with Gasteiger partial charge in [-0.1, -0.05) is 13.0 Å². The van der Waals surface area contributed by atoms with Crippen molar-refractivity contribution in [1.29, 1.82) is 0 Å². The average molecular weight is 483 g/mol. The van der Waals surface area contributed by atoms with Crippen LogP contribution in [-0.2, 0) is 19.1 Å². The predicted molar refractivity (Wildman–Crippen MR) is 122 cm³/mol. The van der Waals surface area contributed by atoms with E-state index in [2.05, 4.69) is 0 Å². The summed E-state index contributed by atoms with van der Waals surface area (Å²) in [6.45, 7) is 7.09. The van der Waals surface area contributed by atoms with E-state index in [1.165, 1.54) is 6.08 Å². The molecule has 0 amide bonds. The smallest absolute Gasteiger partial charge is 0.334 e. The van der Waals surface area contributed by atoms with Crippen LogP contribution in [0.3, 0.4) is 0 Å². The van der Waals surface area contributed by atoms with Crippen LogP contribution in [0.15, 0.2) is 23.3 Å². The third-order valence-corrected chi connectivity index (χ3v) is 12.6. The zero-order chi connectivity index (χ0) is 25.1. The van der Waals surface area contributed by atoms with Crippen molar-refractivity contribution in [1.82, 2.24) is 0 Å². The topological polar surface area (TPSA) is 121 Å². The molecule has 35 heavy (non-hydrogen) atoms. The van der Waals surface area contributed by atoms with Gasteiger partial charge in [0, 0.05) is 16.9 Å². The molecular weight excluding hydrogens is 448 g/mol. The summed E-state index contributed by atoms with van der Waals surface area (Å²) in [6, 6.07) is 0. The van der Waals surface area contributed by atoms with Gasteiger partial charge in [0.25, 0.3) is 0 Å². The van der Waals surface area contributed by atoms with Crippen LogP contribution in [0, 0.1) is 46.3 Å². The Morgan fingerprint density at radius 2 is 1.80 bits per heavy atom. The van der Waals surface area contributed by atoms with E-state index in [1.54, 1.807) is 19.9 Å². The first-order chi connectivity index (χ1) is 16.3. The minimum absolute atomic E-state index is 0.0517. The van der Waals surface area contributed by atoms with Gasteiger partial charge in [-0.15, -0.1) is 0 Å². The van der Waals surface area contributed by atoms with Gasteiger partial charge in [-0.25, -0.2) is 4.79 Å². The molecule has 2 spiro atoms. The van der Waals surface area contributed by atoms with E-state index in [9.17, 15) is 29.7 Å². The highest BCUT2D eigenvalue weighted by atomic mass is 16.6. The van der Waals surface area contributed by atoms with Gasteiger partial charge in [-0.05, 0) is 88.2 Å². The SMILES string of the molecule is CC1=C(C)C2C(=O)[C@@H](C)[C@]3(O)CCC4C5C6C[C@@H](O)[C@@]7(O)CC=CC(=O)[C@]7(C)C6C[C@@]2(OC1=O)[C@@]453. The number of rotatable bonds is 0. The standard InChI is InChI=1S/C28H34O7/c1-12-13(2)23(32)35-27-11-17-15(10-19(30)26(34)8-5-6-18(29)24(17,26)4)21-16-7-9-25(33,28(16,21)27)14(3)22(31)20(12)27/h5-6,14-17,19-21,30,33-34H,7-11H2,1-4H3/t14-,15?,16?,17?,19-,20?,21?,24+,25-,26+,27+,28+/m1/s1. The molecule has 3 N–H and O–H groups in total. The second kappa shape index (κ2) is 6.00. The van der Waals surface area contributed by atoms with Crippen LogP contribution in [0.5, 0.6) is 0 Å². The number of aliphatic hydroxyl groups excluding tert-OH is 1. The van der Waals surface area contributed by atoms with Crippen molar-refractivity contribution < 1.29 is 34.4 Å². The second-order valence-corrected chi connectivity index (χ2v) is 12.9. The van der Waals surface area contributed by atoms with Crippen molar-refractivity contribution in [3.8, 4) is 0 Å². The van der Waals surface area contributed by atoms with Gasteiger partial charge in [-0.3, -0.25) is 9.59 Å². The number of fused-ring (bicyclic) bond motifs is 5. The maximum atomic E-state index is 14.0. The Labute approximate surface area is 204 Å². The fourth-order valence-corrected chi connectivity index (χ4v) is 10.9. The maximum absolute atomic E-state index is 14.0. The molecule has 7 rings (SSSR count). The first-order valence-corrected chi connectivity index (χ1v) is 13.1. The minimum Gasteiger partial charge on any atom is -0.454 e. The van der Waals surface area contributed by atoms with Crippen LogP contribution in [0.2, 0.25) is 0 Å². The van der Waals surface area contributed by atoms with E-state index in [0.29, 0.717) is 24.0 Å². The molecule has 5 fully saturated rings. The number of Topliss-reactive ketones (excluding diaryl/α,β-unsaturated/α-hetero) is 1. The lowest BCUT2D eigenvalue weighted by atomic mass is 9.40. The summed E-state index contributed by atoms with van der Waals surface area (Å²) in [7, 11) is 0. The molecule has 0 bridgehead atoms. The highest BCUT2D eigenvalue weighted by molar-refractivity contribution is 5.99. The summed E-state index contributed by atoms with van der Waals surface area (Å²) in [6.07, 6.45) is 4.01. The minimum atomic E-state index is -1.62. The largest absolute Gasteiger partial charge is 0.454 e. The van der Waals surface area contributed by atoms with Crippen molar-refractivity contribution in [2.45, 2.75) is 82.7 Å². The van der Waals surface area contributed by atoms with Crippen LogP contribution < -0.4 is 0 Å². The zero-order valence-corrected chi connectivity index (χ0v) is 20.7. The van der Waals surface area contributed by atoms with Crippen LogP contribution in [0.4, 0.5) is 0 Å². The lowest BCUT2D eigenvalue weighted by Gasteiger charge is -2.67. The van der Waals surface area contributed by atoms with Crippen molar-refractivity contribution in [3.05, 3.63) is 23.3 Å². The molecule has 7 aliphatic rings. The maximum Gasteiger partial charge on any atom is 0.334 e. The molecule has 0 aromatic rings. The lowest BCUT2D eigenvalue weighted by molar-refractivity contribution is -0.277. The lowest BCUT2D eigenvalue weighted by Crippen LogP contribution is -2.76. The van der Waals surface area contributed by atoms with Crippen molar-refractivity contribution in [3.63, 3.8) is 0 Å². The molecule has 7 nitrogen and oxygen atoms in total. The molecule has 188 valence electrons. The Bertz CT molecular complexity index is 1190. The van der Waals surface area contributed by atoms with E-state index in [0.717, 1.165) is 6.42 Å². The molecule has 6 aliphatic carbocycles. The summed E-state index contributed by atoms with van der Waals surface area (Å²) in [4.78, 5) is 40.8. The predicted octanol–water partition coefficient (Wildman–Crippen LogP) is 1.88. The van der Waals surface area contributed by atoms with E-state index < -0.39 is 51.5 Å². The Balaban J connectivity index is 1.50. The summed E-state index contributed by atoms with van der Waals surface area (Å²) in [5.41, 5.74) is -5.05. The highest BCUT2D eigenvalue weighted by Crippen LogP contribution is 2.89. The fourth-order valence-electron chi connectivity index (χ4n) is 10.9. The van der Waals surface area contributed by atoms with Crippen molar-refractivity contribution >= 4 is 17.5 Å². The van der Waals surface area contributed by atoms with E-state index in [4.69, 9.17) is 4.74 Å². The number of esters is 1. The van der Waals surface area contributed by atoms with Crippen LogP contribution >= 0.6 is 0 Å². The van der Waals surface area contributed by atoms with E-state index in [1.807, 2.05) is 13.8 Å². The van der Waals surface area contributed by atoms with Gasteiger partial charge in [0.2, 0.25) is 0 Å². The Morgan fingerprint density at radius 1 is 1.09 bits per heavy atom. The number of ketones is 2. The summed E-state index contributed by atoms with van der Waals surface area (Å²) in [5, 5.41) is 35.3. The zero-order valence-electron chi connectivity index (χ0n) is 20.7. The number of hydrogen-bond donors (Lipinski definition) is 3. The first-order valence-electron chi connectivity index (χ1n) is 13.1. The molecular formula is C28H34O7. The monoisotopic (exact) mass is 482 g/mol. The third-order valence-electron chi connectivity index (χ3n) is 12.6. The fraction of sp³-hybridized carbons (Fsp3) is 0.750. The molecule has 1 heterocycles. The molecule has 12 atom stereocenters. The van der Waals surface area contributed by atoms with Crippen LogP contribution in [-0.4, -0.2) is 55.8 Å². The second-order valence-electron chi connectivity index (χ2n) is 12.9. The number of carbonyl (C=O) groups is 3. The Hall–Kier alpha value is -1.83. The third kappa shape index (κ3) is 1.90. The molecule has 5 saturated carbocycles. The molecule has 0 saturated heterocycles.